The molecule has 0 bridgehead atoms. The van der Waals surface area contributed by atoms with Crippen molar-refractivity contribution in [3.8, 4) is 6.07 Å². The van der Waals surface area contributed by atoms with Gasteiger partial charge in [0.05, 0.1) is 0 Å². The maximum Gasteiger partial charge on any atom is 0.333 e. The summed E-state index contributed by atoms with van der Waals surface area (Å²) in [6.07, 6.45) is 2.26. The average Bonchev–Trinajstić information content (AvgIpc) is 2.62. The van der Waals surface area contributed by atoms with Crippen LogP contribution in [-0.2, 0) is 6.42 Å². The van der Waals surface area contributed by atoms with Gasteiger partial charge in [-0.2, -0.15) is 10.2 Å². The Morgan fingerprint density at radius 2 is 2.04 bits per heavy atom. The second-order valence-corrected chi connectivity index (χ2v) is 5.96. The van der Waals surface area contributed by atoms with E-state index in [1.165, 1.54) is 6.20 Å². The Kier molecular flexibility index (Phi) is 6.72. The molecule has 0 aliphatic rings. The molecule has 0 radical (unpaired) electrons. The van der Waals surface area contributed by atoms with Gasteiger partial charge in [-0.3, -0.25) is 5.01 Å². The SMILES string of the molecule is CC(C)CN(NC(=O)NCCc1ccccc1)c1ccnc(C#N)n1. The van der Waals surface area contributed by atoms with Gasteiger partial charge in [0, 0.05) is 25.4 Å². The van der Waals surface area contributed by atoms with E-state index in [-0.39, 0.29) is 11.9 Å². The van der Waals surface area contributed by atoms with E-state index in [1.54, 1.807) is 11.1 Å². The number of nitrogens with one attached hydrogen (secondary N) is 2. The number of nitrogens with zero attached hydrogens (tertiary/aromatic N) is 4. The summed E-state index contributed by atoms with van der Waals surface area (Å²) in [7, 11) is 0. The van der Waals surface area contributed by atoms with Crippen molar-refractivity contribution < 1.29 is 4.79 Å². The van der Waals surface area contributed by atoms with E-state index in [0.29, 0.717) is 24.8 Å². The zero-order valence-electron chi connectivity index (χ0n) is 14.4. The fourth-order valence-electron chi connectivity index (χ4n) is 2.24. The van der Waals surface area contributed by atoms with Crippen LogP contribution >= 0.6 is 0 Å². The zero-order chi connectivity index (χ0) is 18.1. The van der Waals surface area contributed by atoms with E-state index in [9.17, 15) is 4.79 Å². The zero-order valence-corrected chi connectivity index (χ0v) is 14.4. The molecule has 1 aromatic carbocycles. The fraction of sp³-hybridized carbons (Fsp3) is 0.333. The summed E-state index contributed by atoms with van der Waals surface area (Å²) in [5, 5.41) is 13.4. The summed E-state index contributed by atoms with van der Waals surface area (Å²) in [5.41, 5.74) is 3.95. The van der Waals surface area contributed by atoms with E-state index >= 15 is 0 Å². The van der Waals surface area contributed by atoms with Crippen molar-refractivity contribution in [2.75, 3.05) is 18.1 Å². The van der Waals surface area contributed by atoms with Crippen molar-refractivity contribution in [1.82, 2.24) is 20.7 Å². The smallest absolute Gasteiger partial charge is 0.333 e. The molecule has 0 spiro atoms. The van der Waals surface area contributed by atoms with E-state index in [0.717, 1.165) is 12.0 Å². The first-order chi connectivity index (χ1) is 12.1. The standard InChI is InChI=1S/C18H22N6O/c1-14(2)13-24(17-9-11-20-16(12-19)22-17)23-18(25)21-10-8-15-6-4-3-5-7-15/h3-7,9,11,14H,8,10,13H2,1-2H3,(H2,21,23,25). The van der Waals surface area contributed by atoms with Crippen LogP contribution < -0.4 is 15.8 Å². The van der Waals surface area contributed by atoms with Crippen molar-refractivity contribution in [2.45, 2.75) is 20.3 Å². The molecule has 0 unspecified atom stereocenters. The molecule has 0 aliphatic carbocycles. The number of rotatable bonds is 7. The molecule has 0 saturated carbocycles. The molecule has 0 atom stereocenters. The molecule has 2 N–H and O–H groups in total. The highest BCUT2D eigenvalue weighted by Gasteiger charge is 2.14. The lowest BCUT2D eigenvalue weighted by Crippen LogP contribution is -2.49. The van der Waals surface area contributed by atoms with Crippen molar-refractivity contribution >= 4 is 11.8 Å². The third-order valence-electron chi connectivity index (χ3n) is 3.34. The van der Waals surface area contributed by atoms with E-state index in [2.05, 4.69) is 20.7 Å². The van der Waals surface area contributed by atoms with Gasteiger partial charge >= 0.3 is 6.03 Å². The summed E-state index contributed by atoms with van der Waals surface area (Å²) in [5.74, 6) is 0.848. The highest BCUT2D eigenvalue weighted by molar-refractivity contribution is 5.75. The largest absolute Gasteiger partial charge is 0.336 e. The Hall–Kier alpha value is -3.14. The molecule has 0 aliphatic heterocycles. The fourth-order valence-corrected chi connectivity index (χ4v) is 2.24. The molecule has 2 aromatic rings. The summed E-state index contributed by atoms with van der Waals surface area (Å²) in [6, 6.07) is 13.2. The number of amides is 2. The van der Waals surface area contributed by atoms with Crippen LogP contribution in [0.2, 0.25) is 0 Å². The van der Waals surface area contributed by atoms with E-state index < -0.39 is 0 Å². The van der Waals surface area contributed by atoms with Gasteiger partial charge in [-0.1, -0.05) is 44.2 Å². The third kappa shape index (κ3) is 6.11. The molecular weight excluding hydrogens is 316 g/mol. The maximum atomic E-state index is 12.2. The topological polar surface area (TPSA) is 93.9 Å². The van der Waals surface area contributed by atoms with Crippen LogP contribution in [-0.4, -0.2) is 29.1 Å². The number of hydrogen-bond acceptors (Lipinski definition) is 5. The highest BCUT2D eigenvalue weighted by atomic mass is 16.2. The number of carbonyl (C=O) groups excluding carboxylic acids is 1. The Balaban J connectivity index is 1.94. The molecule has 7 nitrogen and oxygen atoms in total. The van der Waals surface area contributed by atoms with Gasteiger partial charge in [-0.15, -0.1) is 0 Å². The Morgan fingerprint density at radius 1 is 1.28 bits per heavy atom. The van der Waals surface area contributed by atoms with Crippen molar-refractivity contribution in [3.05, 3.63) is 54.0 Å². The minimum Gasteiger partial charge on any atom is -0.336 e. The molecule has 0 saturated heterocycles. The molecule has 0 fully saturated rings. The lowest BCUT2D eigenvalue weighted by molar-refractivity contribution is 0.239. The monoisotopic (exact) mass is 338 g/mol. The quantitative estimate of drug-likeness (QED) is 0.755. The van der Waals surface area contributed by atoms with Gasteiger partial charge in [-0.25, -0.2) is 15.2 Å². The van der Waals surface area contributed by atoms with Crippen LogP contribution in [0.1, 0.15) is 25.2 Å². The highest BCUT2D eigenvalue weighted by Crippen LogP contribution is 2.10. The first-order valence-electron chi connectivity index (χ1n) is 8.17. The van der Waals surface area contributed by atoms with E-state index in [4.69, 9.17) is 5.26 Å². The van der Waals surface area contributed by atoms with Crippen LogP contribution in [0, 0.1) is 17.2 Å². The average molecular weight is 338 g/mol. The van der Waals surface area contributed by atoms with E-state index in [1.807, 2.05) is 50.2 Å². The van der Waals surface area contributed by atoms with Crippen LogP contribution in [0.15, 0.2) is 42.6 Å². The minimum absolute atomic E-state index is 0.0672. The number of benzene rings is 1. The predicted octanol–water partition coefficient (Wildman–Crippen LogP) is 2.27. The summed E-state index contributed by atoms with van der Waals surface area (Å²) < 4.78 is 0. The first-order valence-corrected chi connectivity index (χ1v) is 8.17. The van der Waals surface area contributed by atoms with Crippen LogP contribution in [0.3, 0.4) is 0 Å². The molecule has 25 heavy (non-hydrogen) atoms. The Bertz CT molecular complexity index is 726. The Labute approximate surface area is 147 Å². The van der Waals surface area contributed by atoms with Crippen molar-refractivity contribution in [1.29, 1.82) is 5.26 Å². The number of nitriles is 1. The molecule has 7 heteroatoms. The number of anilines is 1. The van der Waals surface area contributed by atoms with Gasteiger partial charge in [-0.05, 0) is 17.9 Å². The number of carbonyl (C=O) groups is 1. The van der Waals surface area contributed by atoms with Crippen molar-refractivity contribution in [3.63, 3.8) is 0 Å². The summed E-state index contributed by atoms with van der Waals surface area (Å²) >= 11 is 0. The number of hydrazine groups is 1. The van der Waals surface area contributed by atoms with Gasteiger partial charge in [0.25, 0.3) is 0 Å². The molecule has 2 rings (SSSR count). The molecule has 130 valence electrons. The normalized spacial score (nSPS) is 10.2. The lowest BCUT2D eigenvalue weighted by atomic mass is 10.1. The van der Waals surface area contributed by atoms with Gasteiger partial charge in [0.2, 0.25) is 5.82 Å². The number of aromatic nitrogens is 2. The minimum atomic E-state index is -0.311. The first kappa shape index (κ1) is 18.2. The third-order valence-corrected chi connectivity index (χ3v) is 3.34. The van der Waals surface area contributed by atoms with Gasteiger partial charge < -0.3 is 5.32 Å². The number of hydrogen-bond donors (Lipinski definition) is 2. The summed E-state index contributed by atoms with van der Waals surface area (Å²) in [6.45, 7) is 5.16. The predicted molar refractivity (Wildman–Crippen MR) is 95.6 cm³/mol. The van der Waals surface area contributed by atoms with Gasteiger partial charge in [0.1, 0.15) is 6.07 Å². The van der Waals surface area contributed by atoms with Crippen LogP contribution in [0.25, 0.3) is 0 Å². The summed E-state index contributed by atoms with van der Waals surface area (Å²) in [4.78, 5) is 20.2. The van der Waals surface area contributed by atoms with Crippen LogP contribution in [0.5, 0.6) is 0 Å². The molecule has 1 aromatic heterocycles. The number of urea groups is 1. The second-order valence-electron chi connectivity index (χ2n) is 5.96. The molecule has 2 amide bonds. The van der Waals surface area contributed by atoms with Crippen LogP contribution in [0.4, 0.5) is 10.6 Å². The van der Waals surface area contributed by atoms with Crippen molar-refractivity contribution in [2.24, 2.45) is 5.92 Å². The Morgan fingerprint density at radius 3 is 2.72 bits per heavy atom. The van der Waals surface area contributed by atoms with Gasteiger partial charge in [0.15, 0.2) is 5.82 Å². The molecular formula is C18H22N6O. The lowest BCUT2D eigenvalue weighted by Gasteiger charge is -2.26. The maximum absolute atomic E-state index is 12.2. The molecule has 1 heterocycles. The second kappa shape index (κ2) is 9.23.